The van der Waals surface area contributed by atoms with Crippen LogP contribution in [0.4, 0.5) is 18.0 Å². The number of benzene rings is 2. The number of nitrogens with one attached hydrogen (secondary N) is 2. The van der Waals surface area contributed by atoms with Gasteiger partial charge in [0, 0.05) is 13.1 Å². The number of nitrogens with zero attached hydrogens (tertiary/aromatic N) is 1. The van der Waals surface area contributed by atoms with Gasteiger partial charge >= 0.3 is 18.2 Å². The van der Waals surface area contributed by atoms with E-state index in [0.717, 1.165) is 22.7 Å². The first-order valence-electron chi connectivity index (χ1n) is 13.0. The second kappa shape index (κ2) is 16.2. The van der Waals surface area contributed by atoms with Gasteiger partial charge in [-0.25, -0.2) is 13.2 Å². The molecule has 2 aromatic rings. The predicted octanol–water partition coefficient (Wildman–Crippen LogP) is 3.25. The molecule has 0 saturated heterocycles. The summed E-state index contributed by atoms with van der Waals surface area (Å²) in [5.74, 6) is -1.69. The Labute approximate surface area is 237 Å². The number of aliphatic hydroxyl groups excluding tert-OH is 1. The summed E-state index contributed by atoms with van der Waals surface area (Å²) in [6.07, 6.45) is -5.26. The number of carbonyl (C=O) groups is 2. The van der Waals surface area contributed by atoms with Gasteiger partial charge in [-0.3, -0.25) is 4.79 Å². The van der Waals surface area contributed by atoms with E-state index in [1.165, 1.54) is 31.4 Å². The molecule has 2 atom stereocenters. The number of alkyl halides is 3. The Kier molecular flexibility index (Phi) is 13.4. The lowest BCUT2D eigenvalue weighted by Gasteiger charge is -2.29. The second-order valence-electron chi connectivity index (χ2n) is 9.14. The van der Waals surface area contributed by atoms with Crippen LogP contribution >= 0.6 is 0 Å². The molecule has 3 N–H and O–H groups in total. The Bertz CT molecular complexity index is 1200. The fraction of sp³-hybridized carbons (Fsp3) is 0.481. The molecule has 41 heavy (non-hydrogen) atoms. The summed E-state index contributed by atoms with van der Waals surface area (Å²) in [4.78, 5) is 23.4. The zero-order valence-electron chi connectivity index (χ0n) is 22.9. The van der Waals surface area contributed by atoms with Crippen molar-refractivity contribution in [2.45, 2.75) is 55.8 Å². The largest absolute Gasteiger partial charge is 0.497 e. The quantitative estimate of drug-likeness (QED) is 0.251. The molecule has 2 amide bonds. The number of hydrogen-bond acceptors (Lipinski definition) is 7. The molecule has 0 saturated carbocycles. The molecule has 0 fully saturated rings. The Morgan fingerprint density at radius 1 is 1.05 bits per heavy atom. The molecule has 0 unspecified atom stereocenters. The van der Waals surface area contributed by atoms with Crippen molar-refractivity contribution in [1.82, 2.24) is 14.9 Å². The van der Waals surface area contributed by atoms with Gasteiger partial charge in [0.1, 0.15) is 12.4 Å². The van der Waals surface area contributed by atoms with Crippen LogP contribution in [0.15, 0.2) is 59.5 Å². The standard InChI is InChI=1S/C27H36F3N3O7S/c1-3-4-8-16-33(41(37,38)22-13-11-21(39-2)12-14-22)19-24(34)23(18-20-9-6-5-7-10-20)32-26(36)40-17-15-31-25(35)27(28,29)30/h5-7,9-14,23-24,34H,3-4,8,15-19H2,1-2H3,(H,31,35)(H,32,36)/t23-,24+/m0/s1. The maximum absolute atomic E-state index is 13.5. The number of ether oxygens (including phenoxy) is 2. The van der Waals surface area contributed by atoms with Gasteiger partial charge in [0.15, 0.2) is 0 Å². The molecule has 2 aromatic carbocycles. The Morgan fingerprint density at radius 2 is 1.71 bits per heavy atom. The molecule has 0 aliphatic rings. The molecule has 10 nitrogen and oxygen atoms in total. The number of halogens is 3. The Balaban J connectivity index is 2.18. The van der Waals surface area contributed by atoms with E-state index in [-0.39, 0.29) is 24.4 Å². The zero-order valence-corrected chi connectivity index (χ0v) is 23.7. The number of hydrogen-bond donors (Lipinski definition) is 3. The van der Waals surface area contributed by atoms with Gasteiger partial charge in [0.25, 0.3) is 0 Å². The predicted molar refractivity (Wildman–Crippen MR) is 145 cm³/mol. The monoisotopic (exact) mass is 603 g/mol. The van der Waals surface area contributed by atoms with Crippen molar-refractivity contribution in [2.75, 3.05) is 33.4 Å². The van der Waals surface area contributed by atoms with Crippen LogP contribution < -0.4 is 15.4 Å². The van der Waals surface area contributed by atoms with Gasteiger partial charge in [-0.2, -0.15) is 17.5 Å². The third kappa shape index (κ3) is 11.2. The minimum absolute atomic E-state index is 0.00915. The summed E-state index contributed by atoms with van der Waals surface area (Å²) in [6.45, 7) is 0.606. The molecular weight excluding hydrogens is 567 g/mol. The first kappa shape index (κ1) is 33.8. The second-order valence-corrected chi connectivity index (χ2v) is 11.1. The lowest BCUT2D eigenvalue weighted by Crippen LogP contribution is -2.51. The van der Waals surface area contributed by atoms with Crippen molar-refractivity contribution < 1.29 is 45.8 Å². The topological polar surface area (TPSA) is 134 Å². The summed E-state index contributed by atoms with van der Waals surface area (Å²) in [7, 11) is -2.57. The lowest BCUT2D eigenvalue weighted by atomic mass is 10.0. The van der Waals surface area contributed by atoms with Crippen LogP contribution in [0, 0.1) is 0 Å². The molecule has 2 rings (SSSR count). The smallest absolute Gasteiger partial charge is 0.471 e. The molecule has 0 aliphatic heterocycles. The minimum Gasteiger partial charge on any atom is -0.497 e. The molecule has 0 bridgehead atoms. The summed E-state index contributed by atoms with van der Waals surface area (Å²) < 4.78 is 75.1. The van der Waals surface area contributed by atoms with Crippen molar-refractivity contribution in [2.24, 2.45) is 0 Å². The average molecular weight is 604 g/mol. The number of carbonyl (C=O) groups excluding carboxylic acids is 2. The van der Waals surface area contributed by atoms with Gasteiger partial charge in [0.2, 0.25) is 10.0 Å². The van der Waals surface area contributed by atoms with Crippen molar-refractivity contribution in [3.63, 3.8) is 0 Å². The highest BCUT2D eigenvalue weighted by atomic mass is 32.2. The summed E-state index contributed by atoms with van der Waals surface area (Å²) in [6, 6.07) is 13.6. The highest BCUT2D eigenvalue weighted by Crippen LogP contribution is 2.21. The summed E-state index contributed by atoms with van der Waals surface area (Å²) in [5.41, 5.74) is 0.727. The van der Waals surface area contributed by atoms with E-state index in [2.05, 4.69) is 5.32 Å². The van der Waals surface area contributed by atoms with Gasteiger partial charge in [0.05, 0.1) is 30.7 Å². The summed E-state index contributed by atoms with van der Waals surface area (Å²) in [5, 5.41) is 15.3. The van der Waals surface area contributed by atoms with E-state index >= 15 is 0 Å². The van der Waals surface area contributed by atoms with Crippen molar-refractivity contribution in [3.05, 3.63) is 60.2 Å². The van der Waals surface area contributed by atoms with Crippen LogP contribution in [0.2, 0.25) is 0 Å². The van der Waals surface area contributed by atoms with Crippen LogP contribution in [0.5, 0.6) is 5.75 Å². The number of unbranched alkanes of at least 4 members (excludes halogenated alkanes) is 2. The highest BCUT2D eigenvalue weighted by Gasteiger charge is 2.38. The third-order valence-corrected chi connectivity index (χ3v) is 7.92. The molecule has 0 radical (unpaired) electrons. The number of sulfonamides is 1. The first-order valence-corrected chi connectivity index (χ1v) is 14.5. The van der Waals surface area contributed by atoms with E-state index in [1.54, 1.807) is 35.6 Å². The lowest BCUT2D eigenvalue weighted by molar-refractivity contribution is -0.173. The van der Waals surface area contributed by atoms with Gasteiger partial charge in [-0.05, 0) is 42.7 Å². The molecule has 0 spiro atoms. The van der Waals surface area contributed by atoms with E-state index < -0.39 is 53.5 Å². The molecule has 0 aromatic heterocycles. The first-order chi connectivity index (χ1) is 19.4. The van der Waals surface area contributed by atoms with Crippen LogP contribution in [0.1, 0.15) is 31.7 Å². The maximum atomic E-state index is 13.5. The Hall–Kier alpha value is -3.36. The number of aliphatic hydroxyl groups is 1. The van der Waals surface area contributed by atoms with E-state index in [4.69, 9.17) is 9.47 Å². The highest BCUT2D eigenvalue weighted by molar-refractivity contribution is 7.89. The third-order valence-electron chi connectivity index (χ3n) is 6.04. The number of methoxy groups -OCH3 is 1. The molecule has 228 valence electrons. The Morgan fingerprint density at radius 3 is 2.29 bits per heavy atom. The van der Waals surface area contributed by atoms with E-state index in [1.807, 2.05) is 6.92 Å². The van der Waals surface area contributed by atoms with Crippen molar-refractivity contribution >= 4 is 22.0 Å². The van der Waals surface area contributed by atoms with Crippen LogP contribution in [-0.4, -0.2) is 81.5 Å². The molecule has 14 heteroatoms. The van der Waals surface area contributed by atoms with Gasteiger partial charge in [-0.1, -0.05) is 50.1 Å². The van der Waals surface area contributed by atoms with Crippen LogP contribution in [0.3, 0.4) is 0 Å². The average Bonchev–Trinajstić information content (AvgIpc) is 2.94. The molecular formula is C27H36F3N3O7S. The van der Waals surface area contributed by atoms with Gasteiger partial charge < -0.3 is 25.2 Å². The zero-order chi connectivity index (χ0) is 30.5. The van der Waals surface area contributed by atoms with E-state index in [0.29, 0.717) is 12.2 Å². The maximum Gasteiger partial charge on any atom is 0.471 e. The fourth-order valence-corrected chi connectivity index (χ4v) is 5.33. The van der Waals surface area contributed by atoms with E-state index in [9.17, 15) is 36.3 Å². The summed E-state index contributed by atoms with van der Waals surface area (Å²) >= 11 is 0. The van der Waals surface area contributed by atoms with Gasteiger partial charge in [-0.15, -0.1) is 0 Å². The minimum atomic E-state index is -5.07. The van der Waals surface area contributed by atoms with Crippen molar-refractivity contribution in [1.29, 1.82) is 0 Å². The van der Waals surface area contributed by atoms with Crippen molar-refractivity contribution in [3.8, 4) is 5.75 Å². The molecule has 0 heterocycles. The number of alkyl carbamates (subject to hydrolysis) is 1. The van der Waals surface area contributed by atoms with Crippen LogP contribution in [-0.2, 0) is 26.0 Å². The molecule has 0 aliphatic carbocycles. The SMILES string of the molecule is CCCCCN(C[C@@H](O)[C@H](Cc1ccccc1)NC(=O)OCCNC(=O)C(F)(F)F)S(=O)(=O)c1ccc(OC)cc1. The number of amides is 2. The number of rotatable bonds is 16. The normalized spacial score (nSPS) is 13.3. The fourth-order valence-electron chi connectivity index (χ4n) is 3.83. The van der Waals surface area contributed by atoms with Crippen LogP contribution in [0.25, 0.3) is 0 Å².